The molecule has 0 spiro atoms. The van der Waals surface area contributed by atoms with Crippen LogP contribution in [-0.2, 0) is 6.54 Å². The van der Waals surface area contributed by atoms with Crippen molar-refractivity contribution in [3.05, 3.63) is 33.5 Å². The molecule has 0 saturated carbocycles. The minimum Gasteiger partial charge on any atom is -0.347 e. The first kappa shape index (κ1) is 13.7. The highest BCUT2D eigenvalue weighted by Gasteiger charge is 2.16. The molecule has 5 nitrogen and oxygen atoms in total. The highest BCUT2D eigenvalue weighted by molar-refractivity contribution is 7.13. The Kier molecular flexibility index (Phi) is 3.99. The molecule has 6 heteroatoms. The van der Waals surface area contributed by atoms with Gasteiger partial charge in [-0.2, -0.15) is 5.10 Å². The maximum atomic E-state index is 12.1. The van der Waals surface area contributed by atoms with Crippen molar-refractivity contribution in [1.82, 2.24) is 20.1 Å². The lowest BCUT2D eigenvalue weighted by atomic mass is 10.3. The molecule has 19 heavy (non-hydrogen) atoms. The molecule has 2 rings (SSSR count). The molecule has 2 aromatic heterocycles. The summed E-state index contributed by atoms with van der Waals surface area (Å²) in [5.41, 5.74) is 1.77. The number of rotatable bonds is 4. The fourth-order valence-corrected chi connectivity index (χ4v) is 2.75. The van der Waals surface area contributed by atoms with Gasteiger partial charge in [-0.1, -0.05) is 0 Å². The molecule has 0 aliphatic carbocycles. The third-order valence-corrected chi connectivity index (χ3v) is 3.79. The molecule has 0 bridgehead atoms. The maximum Gasteiger partial charge on any atom is 0.263 e. The van der Waals surface area contributed by atoms with Crippen LogP contribution in [-0.4, -0.2) is 26.7 Å². The summed E-state index contributed by atoms with van der Waals surface area (Å²) in [7, 11) is 0. The van der Waals surface area contributed by atoms with Gasteiger partial charge in [-0.3, -0.25) is 9.48 Å². The van der Waals surface area contributed by atoms with E-state index >= 15 is 0 Å². The first-order chi connectivity index (χ1) is 8.95. The lowest BCUT2D eigenvalue weighted by Gasteiger charge is -2.13. The van der Waals surface area contributed by atoms with Crippen LogP contribution >= 0.6 is 11.3 Å². The molecule has 0 aliphatic rings. The monoisotopic (exact) mass is 278 g/mol. The van der Waals surface area contributed by atoms with E-state index in [-0.39, 0.29) is 11.9 Å². The molecular weight excluding hydrogens is 260 g/mol. The van der Waals surface area contributed by atoms with Gasteiger partial charge >= 0.3 is 0 Å². The molecule has 0 saturated heterocycles. The number of aryl methyl sites for hydroxylation is 3. The predicted molar refractivity (Wildman–Crippen MR) is 75.5 cm³/mol. The van der Waals surface area contributed by atoms with Crippen molar-refractivity contribution in [3.63, 3.8) is 0 Å². The van der Waals surface area contributed by atoms with E-state index in [4.69, 9.17) is 0 Å². The quantitative estimate of drug-likeness (QED) is 0.931. The fourth-order valence-electron chi connectivity index (χ4n) is 1.92. The molecule has 2 aromatic rings. The van der Waals surface area contributed by atoms with Crippen molar-refractivity contribution >= 4 is 17.2 Å². The number of aromatic nitrogens is 3. The van der Waals surface area contributed by atoms with Gasteiger partial charge in [-0.15, -0.1) is 11.3 Å². The van der Waals surface area contributed by atoms with Crippen molar-refractivity contribution in [2.75, 3.05) is 0 Å². The Morgan fingerprint density at radius 3 is 2.74 bits per heavy atom. The summed E-state index contributed by atoms with van der Waals surface area (Å²) < 4.78 is 1.84. The lowest BCUT2D eigenvalue weighted by molar-refractivity contribution is 0.0939. The standard InChI is InChI=1S/C13H18N4OS/c1-8-5-6-17(16-8)7-9(2)14-13(18)12-10(3)15-11(4)19-12/h5-6,9H,7H2,1-4H3,(H,14,18)/t9-/m0/s1. The van der Waals surface area contributed by atoms with Crippen LogP contribution < -0.4 is 5.32 Å². The zero-order valence-corrected chi connectivity index (χ0v) is 12.4. The first-order valence-electron chi connectivity index (χ1n) is 6.20. The van der Waals surface area contributed by atoms with Crippen LogP contribution in [0.3, 0.4) is 0 Å². The first-order valence-corrected chi connectivity index (χ1v) is 7.02. The van der Waals surface area contributed by atoms with Gasteiger partial charge in [0.25, 0.3) is 5.91 Å². The van der Waals surface area contributed by atoms with Crippen LogP contribution in [0.25, 0.3) is 0 Å². The van der Waals surface area contributed by atoms with E-state index in [0.29, 0.717) is 11.4 Å². The maximum absolute atomic E-state index is 12.1. The van der Waals surface area contributed by atoms with Gasteiger partial charge in [0.2, 0.25) is 0 Å². The number of nitrogens with one attached hydrogen (secondary N) is 1. The number of hydrogen-bond acceptors (Lipinski definition) is 4. The summed E-state index contributed by atoms with van der Waals surface area (Å²) >= 11 is 1.43. The van der Waals surface area contributed by atoms with E-state index in [1.54, 1.807) is 0 Å². The number of thiazole rings is 1. The second-order valence-corrected chi connectivity index (χ2v) is 5.90. The van der Waals surface area contributed by atoms with Crippen LogP contribution in [0.1, 0.15) is 33.0 Å². The Hall–Kier alpha value is -1.69. The fraction of sp³-hybridized carbons (Fsp3) is 0.462. The van der Waals surface area contributed by atoms with E-state index in [1.165, 1.54) is 11.3 Å². The van der Waals surface area contributed by atoms with E-state index in [2.05, 4.69) is 15.4 Å². The minimum absolute atomic E-state index is 0.0219. The van der Waals surface area contributed by atoms with Gasteiger partial charge in [0.05, 0.1) is 22.9 Å². The Morgan fingerprint density at radius 2 is 2.21 bits per heavy atom. The van der Waals surface area contributed by atoms with Crippen molar-refractivity contribution in [1.29, 1.82) is 0 Å². The third-order valence-electron chi connectivity index (χ3n) is 2.72. The van der Waals surface area contributed by atoms with E-state index in [1.807, 2.05) is 44.6 Å². The van der Waals surface area contributed by atoms with Gasteiger partial charge in [-0.05, 0) is 33.8 Å². The molecule has 0 radical (unpaired) electrons. The molecule has 1 N–H and O–H groups in total. The molecule has 102 valence electrons. The Balaban J connectivity index is 1.97. The lowest BCUT2D eigenvalue weighted by Crippen LogP contribution is -2.35. The summed E-state index contributed by atoms with van der Waals surface area (Å²) in [6, 6.07) is 1.97. The van der Waals surface area contributed by atoms with Crippen molar-refractivity contribution in [2.24, 2.45) is 0 Å². The van der Waals surface area contributed by atoms with Crippen molar-refractivity contribution < 1.29 is 4.79 Å². The van der Waals surface area contributed by atoms with Gasteiger partial charge in [0, 0.05) is 12.2 Å². The van der Waals surface area contributed by atoms with Gasteiger partial charge in [0.1, 0.15) is 4.88 Å². The Labute approximate surface area is 116 Å². The number of carbonyl (C=O) groups is 1. The Morgan fingerprint density at radius 1 is 1.47 bits per heavy atom. The minimum atomic E-state index is -0.0560. The summed E-state index contributed by atoms with van der Waals surface area (Å²) in [5, 5.41) is 8.20. The highest BCUT2D eigenvalue weighted by atomic mass is 32.1. The summed E-state index contributed by atoms with van der Waals surface area (Å²) in [6.07, 6.45) is 1.92. The zero-order valence-electron chi connectivity index (χ0n) is 11.6. The zero-order chi connectivity index (χ0) is 14.0. The topological polar surface area (TPSA) is 59.8 Å². The number of hydrogen-bond donors (Lipinski definition) is 1. The molecule has 1 amide bonds. The van der Waals surface area contributed by atoms with Crippen LogP contribution in [0.4, 0.5) is 0 Å². The Bertz CT molecular complexity index is 587. The van der Waals surface area contributed by atoms with Crippen LogP contribution in [0.5, 0.6) is 0 Å². The third kappa shape index (κ3) is 3.41. The second-order valence-electron chi connectivity index (χ2n) is 4.70. The van der Waals surface area contributed by atoms with E-state index < -0.39 is 0 Å². The molecule has 0 unspecified atom stereocenters. The molecule has 0 aliphatic heterocycles. The van der Waals surface area contributed by atoms with Crippen LogP contribution in [0.2, 0.25) is 0 Å². The number of carbonyl (C=O) groups excluding carboxylic acids is 1. The molecule has 0 fully saturated rings. The number of amides is 1. The van der Waals surface area contributed by atoms with Crippen LogP contribution in [0, 0.1) is 20.8 Å². The largest absolute Gasteiger partial charge is 0.347 e. The SMILES string of the molecule is Cc1ccn(C[C@H](C)NC(=O)c2sc(C)nc2C)n1. The second kappa shape index (κ2) is 5.52. The van der Waals surface area contributed by atoms with E-state index in [9.17, 15) is 4.79 Å². The average molecular weight is 278 g/mol. The highest BCUT2D eigenvalue weighted by Crippen LogP contribution is 2.16. The molecule has 1 atom stereocenters. The predicted octanol–water partition coefficient (Wildman–Crippen LogP) is 2.08. The van der Waals surface area contributed by atoms with E-state index in [0.717, 1.165) is 16.4 Å². The molecular formula is C13H18N4OS. The smallest absolute Gasteiger partial charge is 0.263 e. The van der Waals surface area contributed by atoms with Crippen molar-refractivity contribution in [2.45, 2.75) is 40.3 Å². The summed E-state index contributed by atoms with van der Waals surface area (Å²) in [5.74, 6) is -0.0560. The van der Waals surface area contributed by atoms with Crippen molar-refractivity contribution in [3.8, 4) is 0 Å². The normalized spacial score (nSPS) is 12.4. The summed E-state index contributed by atoms with van der Waals surface area (Å²) in [4.78, 5) is 17.1. The molecule has 2 heterocycles. The van der Waals surface area contributed by atoms with Gasteiger partial charge in [0.15, 0.2) is 0 Å². The average Bonchev–Trinajstić information content (AvgIpc) is 2.84. The summed E-state index contributed by atoms with van der Waals surface area (Å²) in [6.45, 7) is 8.35. The molecule has 0 aromatic carbocycles. The van der Waals surface area contributed by atoms with Gasteiger partial charge < -0.3 is 5.32 Å². The number of nitrogens with zero attached hydrogens (tertiary/aromatic N) is 3. The van der Waals surface area contributed by atoms with Crippen LogP contribution in [0.15, 0.2) is 12.3 Å². The van der Waals surface area contributed by atoms with Gasteiger partial charge in [-0.25, -0.2) is 4.98 Å².